The van der Waals surface area contributed by atoms with E-state index in [1.54, 1.807) is 36.4 Å². The van der Waals surface area contributed by atoms with E-state index < -0.39 is 4.92 Å². The first-order valence-corrected chi connectivity index (χ1v) is 7.51. The van der Waals surface area contributed by atoms with Crippen molar-refractivity contribution in [2.24, 2.45) is 15.3 Å². The summed E-state index contributed by atoms with van der Waals surface area (Å²) < 4.78 is 0. The summed E-state index contributed by atoms with van der Waals surface area (Å²) in [6, 6.07) is 24.3. The summed E-state index contributed by atoms with van der Waals surface area (Å²) in [5, 5.41) is 21.7. The van der Waals surface area contributed by atoms with Crippen LogP contribution < -0.4 is 0 Å². The molecule has 0 aliphatic carbocycles. The second kappa shape index (κ2) is 9.96. The molecule has 8 nitrogen and oxygen atoms in total. The maximum absolute atomic E-state index is 10.0. The van der Waals surface area contributed by atoms with E-state index in [9.17, 15) is 10.1 Å². The van der Waals surface area contributed by atoms with Crippen molar-refractivity contribution in [3.8, 4) is 0 Å². The molecule has 8 heteroatoms. The number of hydrogen-bond donors (Lipinski definition) is 0. The van der Waals surface area contributed by atoms with Crippen molar-refractivity contribution in [3.05, 3.63) is 105 Å². The van der Waals surface area contributed by atoms with Crippen molar-refractivity contribution in [1.82, 2.24) is 0 Å². The molecule has 3 rings (SSSR count). The monoisotopic (exact) mass is 346 g/mol. The molecule has 26 heavy (non-hydrogen) atoms. The molecule has 0 aliphatic heterocycles. The van der Waals surface area contributed by atoms with Crippen molar-refractivity contribution in [2.75, 3.05) is 0 Å². The van der Waals surface area contributed by atoms with E-state index in [2.05, 4.69) is 20.3 Å². The molecule has 0 heterocycles. The van der Waals surface area contributed by atoms with Gasteiger partial charge < -0.3 is 0 Å². The Labute approximate surface area is 149 Å². The van der Waals surface area contributed by atoms with Gasteiger partial charge in [-0.15, -0.1) is 0 Å². The first-order valence-electron chi connectivity index (χ1n) is 7.51. The Morgan fingerprint density at radius 2 is 1.31 bits per heavy atom. The molecular formula is C18H14N6O2. The molecule has 0 fully saturated rings. The third kappa shape index (κ3) is 5.88. The van der Waals surface area contributed by atoms with Gasteiger partial charge in [-0.2, -0.15) is 10.2 Å². The van der Waals surface area contributed by atoms with Gasteiger partial charge in [0.05, 0.1) is 22.0 Å². The van der Waals surface area contributed by atoms with Crippen LogP contribution in [0.15, 0.2) is 100 Å². The van der Waals surface area contributed by atoms with Crippen LogP contribution >= 0.6 is 0 Å². The Hall–Kier alpha value is -4.03. The van der Waals surface area contributed by atoms with Gasteiger partial charge in [-0.25, -0.2) is 0 Å². The highest BCUT2D eigenvalue weighted by molar-refractivity contribution is 5.60. The lowest BCUT2D eigenvalue weighted by Gasteiger charge is -1.96. The van der Waals surface area contributed by atoms with Crippen molar-refractivity contribution >= 4 is 22.7 Å². The number of benzene rings is 3. The number of nitrogens with zero attached hydrogens (tertiary/aromatic N) is 6. The van der Waals surface area contributed by atoms with Crippen LogP contribution in [-0.2, 0) is 0 Å². The van der Waals surface area contributed by atoms with Crippen LogP contribution in [0.2, 0.25) is 0 Å². The number of azide groups is 1. The second-order valence-electron chi connectivity index (χ2n) is 4.81. The minimum Gasteiger partial charge on any atom is -0.258 e. The smallest absolute Gasteiger partial charge is 0.258 e. The molecule has 0 unspecified atom stereocenters. The largest absolute Gasteiger partial charge is 0.269 e. The van der Waals surface area contributed by atoms with Crippen LogP contribution in [0.1, 0.15) is 0 Å². The van der Waals surface area contributed by atoms with Gasteiger partial charge in [-0.3, -0.25) is 10.1 Å². The standard InChI is InChI=1S/C12H9N5.C6H5NO2/c13-17-16-12-9-5-4-8-11(12)15-14-10-6-2-1-3-7-10;8-7(9)6-4-2-1-3-5-6/h1-9H;1-5H. The minimum absolute atomic E-state index is 0.137. The summed E-state index contributed by atoms with van der Waals surface area (Å²) in [7, 11) is 0. The fourth-order valence-electron chi connectivity index (χ4n) is 1.84. The summed E-state index contributed by atoms with van der Waals surface area (Å²) in [6.07, 6.45) is 0. The van der Waals surface area contributed by atoms with Crippen LogP contribution in [-0.4, -0.2) is 4.92 Å². The predicted octanol–water partition coefficient (Wildman–Crippen LogP) is 6.64. The van der Waals surface area contributed by atoms with Gasteiger partial charge in [0, 0.05) is 17.0 Å². The zero-order chi connectivity index (χ0) is 18.6. The second-order valence-corrected chi connectivity index (χ2v) is 4.81. The Bertz CT molecular complexity index is 923. The maximum Gasteiger partial charge on any atom is 0.269 e. The summed E-state index contributed by atoms with van der Waals surface area (Å²) in [6.45, 7) is 0. The zero-order valence-electron chi connectivity index (χ0n) is 13.6. The van der Waals surface area contributed by atoms with Crippen LogP contribution in [0.3, 0.4) is 0 Å². The topological polar surface area (TPSA) is 117 Å². The van der Waals surface area contributed by atoms with Crippen LogP contribution in [0.4, 0.5) is 22.7 Å². The highest BCUT2D eigenvalue weighted by Gasteiger charge is 1.98. The summed E-state index contributed by atoms with van der Waals surface area (Å²) >= 11 is 0. The molecule has 0 atom stereocenters. The molecule has 0 radical (unpaired) electrons. The number of hydrogen-bond acceptors (Lipinski definition) is 5. The van der Waals surface area contributed by atoms with Gasteiger partial charge in [0.1, 0.15) is 0 Å². The highest BCUT2D eigenvalue weighted by atomic mass is 16.6. The summed E-state index contributed by atoms with van der Waals surface area (Å²) in [4.78, 5) is 12.3. The fourth-order valence-corrected chi connectivity index (χ4v) is 1.84. The minimum atomic E-state index is -0.417. The molecule has 3 aromatic carbocycles. The highest BCUT2D eigenvalue weighted by Crippen LogP contribution is 2.28. The Balaban J connectivity index is 0.000000228. The number of nitro benzene ring substituents is 1. The van der Waals surface area contributed by atoms with Gasteiger partial charge in [-0.1, -0.05) is 59.7 Å². The van der Waals surface area contributed by atoms with E-state index in [0.29, 0.717) is 11.4 Å². The van der Waals surface area contributed by atoms with Gasteiger partial charge >= 0.3 is 0 Å². The van der Waals surface area contributed by atoms with E-state index in [1.165, 1.54) is 12.1 Å². The average molecular weight is 346 g/mol. The van der Waals surface area contributed by atoms with E-state index in [-0.39, 0.29) is 5.69 Å². The molecule has 0 bridgehead atoms. The van der Waals surface area contributed by atoms with Gasteiger partial charge in [0.15, 0.2) is 0 Å². The van der Waals surface area contributed by atoms with Crippen LogP contribution in [0, 0.1) is 10.1 Å². The summed E-state index contributed by atoms with van der Waals surface area (Å²) in [5.41, 5.74) is 10.3. The lowest BCUT2D eigenvalue weighted by Crippen LogP contribution is -1.84. The van der Waals surface area contributed by atoms with Gasteiger partial charge in [0.25, 0.3) is 5.69 Å². The third-order valence-corrected chi connectivity index (χ3v) is 3.03. The average Bonchev–Trinajstić information content (AvgIpc) is 2.69. The third-order valence-electron chi connectivity index (χ3n) is 3.03. The van der Waals surface area contributed by atoms with Crippen molar-refractivity contribution in [3.63, 3.8) is 0 Å². The molecule has 0 saturated carbocycles. The Morgan fingerprint density at radius 3 is 1.85 bits per heavy atom. The Kier molecular flexibility index (Phi) is 7.02. The van der Waals surface area contributed by atoms with Gasteiger partial charge in [-0.05, 0) is 23.7 Å². The number of azo groups is 1. The lowest BCUT2D eigenvalue weighted by molar-refractivity contribution is -0.384. The first kappa shape index (κ1) is 18.3. The fraction of sp³-hybridized carbons (Fsp3) is 0. The molecule has 0 saturated heterocycles. The molecule has 3 aromatic rings. The molecular weight excluding hydrogens is 332 g/mol. The zero-order valence-corrected chi connectivity index (χ0v) is 13.6. The lowest BCUT2D eigenvalue weighted by atomic mass is 10.3. The van der Waals surface area contributed by atoms with E-state index in [0.717, 1.165) is 5.69 Å². The molecule has 128 valence electrons. The molecule has 0 N–H and O–H groups in total. The molecule has 0 aromatic heterocycles. The molecule has 0 aliphatic rings. The Morgan fingerprint density at radius 1 is 0.769 bits per heavy atom. The molecule has 0 spiro atoms. The molecule has 0 amide bonds. The quantitative estimate of drug-likeness (QED) is 0.173. The van der Waals surface area contributed by atoms with E-state index in [1.807, 2.05) is 36.4 Å². The van der Waals surface area contributed by atoms with Crippen molar-refractivity contribution in [1.29, 1.82) is 0 Å². The maximum atomic E-state index is 10.0. The first-order chi connectivity index (χ1) is 12.7. The SMILES string of the molecule is O=[N+]([O-])c1ccccc1.[N-]=[N+]=Nc1ccccc1N=Nc1ccccc1. The normalized spacial score (nSPS) is 9.69. The number of para-hydroxylation sites is 1. The van der Waals surface area contributed by atoms with Gasteiger partial charge in [0.2, 0.25) is 0 Å². The predicted molar refractivity (Wildman–Crippen MR) is 99.0 cm³/mol. The van der Waals surface area contributed by atoms with E-state index >= 15 is 0 Å². The van der Waals surface area contributed by atoms with Crippen LogP contribution in [0.5, 0.6) is 0 Å². The van der Waals surface area contributed by atoms with E-state index in [4.69, 9.17) is 5.53 Å². The number of rotatable bonds is 4. The van der Waals surface area contributed by atoms with Crippen molar-refractivity contribution < 1.29 is 4.92 Å². The number of nitro groups is 1. The number of non-ortho nitro benzene ring substituents is 1. The summed E-state index contributed by atoms with van der Waals surface area (Å²) in [5.74, 6) is 0. The van der Waals surface area contributed by atoms with Crippen LogP contribution in [0.25, 0.3) is 10.4 Å². The van der Waals surface area contributed by atoms with Crippen molar-refractivity contribution in [2.45, 2.75) is 0 Å².